The third kappa shape index (κ3) is 1.60. The van der Waals surface area contributed by atoms with E-state index >= 15 is 0 Å². The van der Waals surface area contributed by atoms with Crippen molar-refractivity contribution in [3.8, 4) is 5.75 Å². The van der Waals surface area contributed by atoms with Crippen LogP contribution in [-0.2, 0) is 0 Å². The van der Waals surface area contributed by atoms with Gasteiger partial charge in [0.1, 0.15) is 12.4 Å². The summed E-state index contributed by atoms with van der Waals surface area (Å²) in [6, 6.07) is 8.09. The molecule has 0 unspecified atom stereocenters. The van der Waals surface area contributed by atoms with E-state index in [2.05, 4.69) is 11.0 Å². The maximum absolute atomic E-state index is 5.53. The molecular formula is C10H14N2O. The first-order valence-corrected chi connectivity index (χ1v) is 4.58. The van der Waals surface area contributed by atoms with E-state index in [0.29, 0.717) is 6.54 Å². The summed E-state index contributed by atoms with van der Waals surface area (Å²) in [7, 11) is 0. The molecule has 0 atom stereocenters. The minimum Gasteiger partial charge on any atom is -0.490 e. The van der Waals surface area contributed by atoms with Crippen molar-refractivity contribution in [3.05, 3.63) is 24.3 Å². The molecule has 0 amide bonds. The van der Waals surface area contributed by atoms with Gasteiger partial charge in [0.25, 0.3) is 0 Å². The van der Waals surface area contributed by atoms with E-state index < -0.39 is 0 Å². The third-order valence-corrected chi connectivity index (χ3v) is 2.22. The first kappa shape index (κ1) is 8.38. The largest absolute Gasteiger partial charge is 0.490 e. The van der Waals surface area contributed by atoms with E-state index in [-0.39, 0.29) is 0 Å². The van der Waals surface area contributed by atoms with Gasteiger partial charge >= 0.3 is 0 Å². The second-order valence-corrected chi connectivity index (χ2v) is 3.09. The Morgan fingerprint density at radius 3 is 3.08 bits per heavy atom. The monoisotopic (exact) mass is 178 g/mol. The quantitative estimate of drug-likeness (QED) is 0.729. The van der Waals surface area contributed by atoms with Crippen LogP contribution in [0.5, 0.6) is 5.75 Å². The third-order valence-electron chi connectivity index (χ3n) is 2.22. The molecule has 3 heteroatoms. The van der Waals surface area contributed by atoms with Gasteiger partial charge in [-0.15, -0.1) is 0 Å². The molecule has 70 valence electrons. The van der Waals surface area contributed by atoms with Crippen LogP contribution in [0.1, 0.15) is 0 Å². The van der Waals surface area contributed by atoms with Crippen LogP contribution < -0.4 is 15.4 Å². The molecule has 1 heterocycles. The van der Waals surface area contributed by atoms with Gasteiger partial charge in [0.15, 0.2) is 0 Å². The Hall–Kier alpha value is -1.22. The Morgan fingerprint density at radius 1 is 1.38 bits per heavy atom. The lowest BCUT2D eigenvalue weighted by Gasteiger charge is -2.30. The molecule has 0 aromatic heterocycles. The van der Waals surface area contributed by atoms with Crippen LogP contribution in [0.25, 0.3) is 0 Å². The fraction of sp³-hybridized carbons (Fsp3) is 0.400. The predicted molar refractivity (Wildman–Crippen MR) is 53.2 cm³/mol. The molecule has 2 N–H and O–H groups in total. The Morgan fingerprint density at radius 2 is 2.23 bits per heavy atom. The van der Waals surface area contributed by atoms with E-state index in [1.807, 2.05) is 18.2 Å². The first-order valence-electron chi connectivity index (χ1n) is 4.58. The molecule has 0 saturated carbocycles. The van der Waals surface area contributed by atoms with Crippen molar-refractivity contribution in [2.45, 2.75) is 0 Å². The van der Waals surface area contributed by atoms with Crippen molar-refractivity contribution >= 4 is 5.69 Å². The van der Waals surface area contributed by atoms with Crippen molar-refractivity contribution in [1.82, 2.24) is 0 Å². The van der Waals surface area contributed by atoms with Gasteiger partial charge in [-0.1, -0.05) is 12.1 Å². The van der Waals surface area contributed by atoms with Gasteiger partial charge in [0, 0.05) is 13.1 Å². The molecule has 1 aromatic carbocycles. The van der Waals surface area contributed by atoms with E-state index in [4.69, 9.17) is 10.5 Å². The Balaban J connectivity index is 2.26. The lowest BCUT2D eigenvalue weighted by Crippen LogP contribution is -2.36. The van der Waals surface area contributed by atoms with E-state index in [9.17, 15) is 0 Å². The molecule has 0 radical (unpaired) electrons. The summed E-state index contributed by atoms with van der Waals surface area (Å²) < 4.78 is 5.52. The van der Waals surface area contributed by atoms with Gasteiger partial charge < -0.3 is 15.4 Å². The van der Waals surface area contributed by atoms with Gasteiger partial charge in [0.2, 0.25) is 0 Å². The fourth-order valence-electron chi connectivity index (χ4n) is 1.61. The molecule has 0 bridgehead atoms. The second-order valence-electron chi connectivity index (χ2n) is 3.09. The summed E-state index contributed by atoms with van der Waals surface area (Å²) in [4.78, 5) is 2.26. The highest BCUT2D eigenvalue weighted by molar-refractivity contribution is 5.59. The molecule has 3 nitrogen and oxygen atoms in total. The van der Waals surface area contributed by atoms with E-state index in [0.717, 1.165) is 25.4 Å². The van der Waals surface area contributed by atoms with E-state index in [1.165, 1.54) is 5.69 Å². The van der Waals surface area contributed by atoms with Crippen LogP contribution in [0.3, 0.4) is 0 Å². The number of anilines is 1. The summed E-state index contributed by atoms with van der Waals surface area (Å²) in [6.45, 7) is 3.29. The van der Waals surface area contributed by atoms with Crippen molar-refractivity contribution in [2.24, 2.45) is 5.73 Å². The number of benzene rings is 1. The zero-order valence-electron chi connectivity index (χ0n) is 7.57. The molecule has 0 fully saturated rings. The van der Waals surface area contributed by atoms with Gasteiger partial charge in [-0.05, 0) is 12.1 Å². The molecule has 1 aliphatic rings. The number of rotatable bonds is 2. The first-order chi connectivity index (χ1) is 6.42. The second kappa shape index (κ2) is 3.66. The maximum Gasteiger partial charge on any atom is 0.142 e. The summed E-state index contributed by atoms with van der Waals surface area (Å²) in [6.07, 6.45) is 0. The average Bonchev–Trinajstić information content (AvgIpc) is 2.19. The molecule has 1 aromatic rings. The standard InChI is InChI=1S/C10H14N2O/c11-5-6-12-7-8-13-10-4-2-1-3-9(10)12/h1-4H,5-8,11H2. The van der Waals surface area contributed by atoms with Gasteiger partial charge in [-0.25, -0.2) is 0 Å². The predicted octanol–water partition coefficient (Wildman–Crippen LogP) is 0.844. The molecule has 1 aliphatic heterocycles. The molecule has 13 heavy (non-hydrogen) atoms. The Bertz CT molecular complexity index is 288. The normalized spacial score (nSPS) is 15.0. The van der Waals surface area contributed by atoms with Crippen molar-refractivity contribution in [2.75, 3.05) is 31.1 Å². The Labute approximate surface area is 78.1 Å². The number of hydrogen-bond donors (Lipinski definition) is 1. The lowest BCUT2D eigenvalue weighted by molar-refractivity contribution is 0.308. The van der Waals surface area contributed by atoms with Crippen LogP contribution in [0.15, 0.2) is 24.3 Å². The zero-order chi connectivity index (χ0) is 9.10. The molecular weight excluding hydrogens is 164 g/mol. The van der Waals surface area contributed by atoms with Crippen LogP contribution in [0.4, 0.5) is 5.69 Å². The van der Waals surface area contributed by atoms with Gasteiger partial charge in [0.05, 0.1) is 12.2 Å². The van der Waals surface area contributed by atoms with Crippen molar-refractivity contribution in [1.29, 1.82) is 0 Å². The van der Waals surface area contributed by atoms with E-state index in [1.54, 1.807) is 0 Å². The molecule has 0 spiro atoms. The molecule has 2 rings (SSSR count). The smallest absolute Gasteiger partial charge is 0.142 e. The summed E-state index contributed by atoms with van der Waals surface area (Å²) >= 11 is 0. The number of hydrogen-bond acceptors (Lipinski definition) is 3. The number of fused-ring (bicyclic) bond motifs is 1. The maximum atomic E-state index is 5.53. The van der Waals surface area contributed by atoms with Crippen molar-refractivity contribution in [3.63, 3.8) is 0 Å². The van der Waals surface area contributed by atoms with Crippen LogP contribution in [0.2, 0.25) is 0 Å². The summed E-state index contributed by atoms with van der Waals surface area (Å²) in [5, 5.41) is 0. The average molecular weight is 178 g/mol. The van der Waals surface area contributed by atoms with Gasteiger partial charge in [-0.3, -0.25) is 0 Å². The summed E-state index contributed by atoms with van der Waals surface area (Å²) in [5.74, 6) is 0.974. The topological polar surface area (TPSA) is 38.5 Å². The number of nitrogens with zero attached hydrogens (tertiary/aromatic N) is 1. The fourth-order valence-corrected chi connectivity index (χ4v) is 1.61. The zero-order valence-corrected chi connectivity index (χ0v) is 7.57. The number of ether oxygens (including phenoxy) is 1. The highest BCUT2D eigenvalue weighted by Gasteiger charge is 2.15. The van der Waals surface area contributed by atoms with Crippen LogP contribution in [-0.4, -0.2) is 26.2 Å². The highest BCUT2D eigenvalue weighted by Crippen LogP contribution is 2.30. The number of para-hydroxylation sites is 2. The molecule has 0 saturated heterocycles. The molecule has 0 aliphatic carbocycles. The van der Waals surface area contributed by atoms with Crippen molar-refractivity contribution < 1.29 is 4.74 Å². The Kier molecular flexibility index (Phi) is 2.36. The lowest BCUT2D eigenvalue weighted by atomic mass is 10.2. The van der Waals surface area contributed by atoms with Crippen LogP contribution in [0, 0.1) is 0 Å². The van der Waals surface area contributed by atoms with Crippen LogP contribution >= 0.6 is 0 Å². The van der Waals surface area contributed by atoms with Gasteiger partial charge in [-0.2, -0.15) is 0 Å². The summed E-state index contributed by atoms with van der Waals surface area (Å²) in [5.41, 5.74) is 6.70. The minimum absolute atomic E-state index is 0.689. The number of nitrogens with two attached hydrogens (primary N) is 1. The highest BCUT2D eigenvalue weighted by atomic mass is 16.5. The minimum atomic E-state index is 0.689. The SMILES string of the molecule is NCCN1CCOc2ccccc21.